The van der Waals surface area contributed by atoms with Crippen LogP contribution in [-0.2, 0) is 22.6 Å². The van der Waals surface area contributed by atoms with E-state index in [1.54, 1.807) is 0 Å². The lowest BCUT2D eigenvalue weighted by atomic mass is 9.98. The van der Waals surface area contributed by atoms with Gasteiger partial charge in [0.2, 0.25) is 0 Å². The number of hydrogen-bond acceptors (Lipinski definition) is 4. The van der Waals surface area contributed by atoms with Gasteiger partial charge in [0.05, 0.1) is 25.0 Å². The molecule has 0 saturated carbocycles. The predicted molar refractivity (Wildman–Crippen MR) is 72.5 cm³/mol. The van der Waals surface area contributed by atoms with E-state index >= 15 is 0 Å². The Bertz CT molecular complexity index is 417. The summed E-state index contributed by atoms with van der Waals surface area (Å²) in [6.07, 6.45) is 6.92. The summed E-state index contributed by atoms with van der Waals surface area (Å²) in [6.45, 7) is 5.88. The fraction of sp³-hybridized carbons (Fsp3) is 0.714. The average Bonchev–Trinajstić information content (AvgIpc) is 2.86. The smallest absolute Gasteiger partial charge is 0.309 e. The third kappa shape index (κ3) is 3.56. The zero-order valence-electron chi connectivity index (χ0n) is 11.8. The van der Waals surface area contributed by atoms with Crippen LogP contribution in [0, 0.1) is 5.92 Å². The van der Waals surface area contributed by atoms with Crippen molar-refractivity contribution in [3.63, 3.8) is 0 Å². The van der Waals surface area contributed by atoms with Gasteiger partial charge < -0.3 is 9.30 Å². The van der Waals surface area contributed by atoms with Crippen molar-refractivity contribution in [1.29, 1.82) is 0 Å². The van der Waals surface area contributed by atoms with Crippen LogP contribution in [0.1, 0.15) is 31.9 Å². The first kappa shape index (κ1) is 14.1. The molecule has 1 aromatic rings. The van der Waals surface area contributed by atoms with E-state index in [4.69, 9.17) is 4.74 Å². The first-order chi connectivity index (χ1) is 9.24. The molecule has 5 nitrogen and oxygen atoms in total. The largest absolute Gasteiger partial charge is 0.469 e. The highest BCUT2D eigenvalue weighted by Crippen LogP contribution is 2.19. The molecule has 0 N–H and O–H groups in total. The minimum Gasteiger partial charge on any atom is -0.469 e. The van der Waals surface area contributed by atoms with E-state index in [0.717, 1.165) is 45.4 Å². The van der Waals surface area contributed by atoms with Gasteiger partial charge in [-0.15, -0.1) is 0 Å². The van der Waals surface area contributed by atoms with Crippen LogP contribution in [0.3, 0.4) is 0 Å². The molecule has 1 aliphatic heterocycles. The molecule has 2 rings (SSSR count). The Morgan fingerprint density at radius 2 is 2.42 bits per heavy atom. The topological polar surface area (TPSA) is 47.4 Å². The Morgan fingerprint density at radius 1 is 1.58 bits per heavy atom. The average molecular weight is 265 g/mol. The second-order valence-electron chi connectivity index (χ2n) is 5.18. The number of rotatable bonds is 5. The van der Waals surface area contributed by atoms with Crippen LogP contribution in [0.25, 0.3) is 0 Å². The number of carbonyl (C=O) groups excluding carboxylic acids is 1. The van der Waals surface area contributed by atoms with Crippen molar-refractivity contribution in [2.45, 2.75) is 39.3 Å². The lowest BCUT2D eigenvalue weighted by Crippen LogP contribution is -2.39. The third-order valence-corrected chi connectivity index (χ3v) is 3.69. The number of esters is 1. The van der Waals surface area contributed by atoms with Crippen molar-refractivity contribution in [2.75, 3.05) is 20.2 Å². The standard InChI is InChI=1S/C14H23N3O2/c1-3-6-17-11-15-8-13(17)10-16-7-4-5-12(9-16)14(18)19-2/h8,11-12H,3-7,9-10H2,1-2H3. The fourth-order valence-electron chi connectivity index (χ4n) is 2.71. The van der Waals surface area contributed by atoms with Crippen molar-refractivity contribution in [2.24, 2.45) is 5.92 Å². The summed E-state index contributed by atoms with van der Waals surface area (Å²) in [5, 5.41) is 0. The Morgan fingerprint density at radius 3 is 3.16 bits per heavy atom. The molecule has 1 aliphatic rings. The highest BCUT2D eigenvalue weighted by atomic mass is 16.5. The van der Waals surface area contributed by atoms with E-state index in [2.05, 4.69) is 21.4 Å². The molecule has 1 fully saturated rings. The molecule has 19 heavy (non-hydrogen) atoms. The summed E-state index contributed by atoms with van der Waals surface area (Å²) in [6, 6.07) is 0. The van der Waals surface area contributed by atoms with Crippen molar-refractivity contribution in [1.82, 2.24) is 14.5 Å². The first-order valence-electron chi connectivity index (χ1n) is 7.03. The molecule has 1 aromatic heterocycles. The van der Waals surface area contributed by atoms with Gasteiger partial charge in [-0.1, -0.05) is 6.92 Å². The predicted octanol–water partition coefficient (Wildman–Crippen LogP) is 1.68. The van der Waals surface area contributed by atoms with Crippen LogP contribution in [-0.4, -0.2) is 40.6 Å². The summed E-state index contributed by atoms with van der Waals surface area (Å²) in [5.41, 5.74) is 1.23. The quantitative estimate of drug-likeness (QED) is 0.760. The third-order valence-electron chi connectivity index (χ3n) is 3.69. The summed E-state index contributed by atoms with van der Waals surface area (Å²) in [4.78, 5) is 18.2. The molecule has 2 heterocycles. The SMILES string of the molecule is CCCn1cncc1CN1CCCC(C(=O)OC)C1. The van der Waals surface area contributed by atoms with E-state index in [1.165, 1.54) is 12.8 Å². The Hall–Kier alpha value is -1.36. The molecule has 1 unspecified atom stereocenters. The second-order valence-corrected chi connectivity index (χ2v) is 5.18. The number of piperidine rings is 1. The van der Waals surface area contributed by atoms with Crippen molar-refractivity contribution >= 4 is 5.97 Å². The normalized spacial score (nSPS) is 20.4. The van der Waals surface area contributed by atoms with Crippen molar-refractivity contribution < 1.29 is 9.53 Å². The van der Waals surface area contributed by atoms with Gasteiger partial charge in [0, 0.05) is 25.8 Å². The number of ether oxygens (including phenoxy) is 1. The molecule has 5 heteroatoms. The van der Waals surface area contributed by atoms with Crippen LogP contribution < -0.4 is 0 Å². The summed E-state index contributed by atoms with van der Waals surface area (Å²) in [5.74, 6) is -0.0481. The molecule has 0 spiro atoms. The van der Waals surface area contributed by atoms with E-state index in [9.17, 15) is 4.79 Å². The maximum absolute atomic E-state index is 11.6. The molecule has 0 aromatic carbocycles. The highest BCUT2D eigenvalue weighted by molar-refractivity contribution is 5.72. The van der Waals surface area contributed by atoms with Gasteiger partial charge in [0.1, 0.15) is 0 Å². The molecule has 0 aliphatic carbocycles. The Labute approximate surface area is 114 Å². The molecule has 1 saturated heterocycles. The number of methoxy groups -OCH3 is 1. The number of carbonyl (C=O) groups is 1. The van der Waals surface area contributed by atoms with E-state index in [0.29, 0.717) is 0 Å². The van der Waals surface area contributed by atoms with Crippen molar-refractivity contribution in [3.05, 3.63) is 18.2 Å². The van der Waals surface area contributed by atoms with Gasteiger partial charge in [0.25, 0.3) is 0 Å². The summed E-state index contributed by atoms with van der Waals surface area (Å²) in [7, 11) is 1.47. The first-order valence-corrected chi connectivity index (χ1v) is 7.03. The number of aromatic nitrogens is 2. The Kier molecular flexibility index (Phi) is 4.96. The molecular weight excluding hydrogens is 242 g/mol. The zero-order chi connectivity index (χ0) is 13.7. The minimum absolute atomic E-state index is 0.0290. The van der Waals surface area contributed by atoms with Crippen LogP contribution in [0.4, 0.5) is 0 Å². The van der Waals surface area contributed by atoms with Gasteiger partial charge in [-0.2, -0.15) is 0 Å². The van der Waals surface area contributed by atoms with Gasteiger partial charge in [0.15, 0.2) is 0 Å². The van der Waals surface area contributed by atoms with Crippen LogP contribution in [0.2, 0.25) is 0 Å². The molecule has 0 bridgehead atoms. The van der Waals surface area contributed by atoms with Gasteiger partial charge in [-0.25, -0.2) is 4.98 Å². The molecule has 106 valence electrons. The lowest BCUT2D eigenvalue weighted by Gasteiger charge is -2.31. The number of likely N-dealkylation sites (tertiary alicyclic amines) is 1. The molecule has 1 atom stereocenters. The number of nitrogens with zero attached hydrogens (tertiary/aromatic N) is 3. The summed E-state index contributed by atoms with van der Waals surface area (Å²) < 4.78 is 7.05. The minimum atomic E-state index is -0.0771. The van der Waals surface area contributed by atoms with Crippen molar-refractivity contribution in [3.8, 4) is 0 Å². The molecule has 0 amide bonds. The van der Waals surface area contributed by atoms with Crippen LogP contribution in [0.5, 0.6) is 0 Å². The Balaban J connectivity index is 1.94. The fourth-order valence-corrected chi connectivity index (χ4v) is 2.71. The number of aryl methyl sites for hydroxylation is 1. The van der Waals surface area contributed by atoms with E-state index in [1.807, 2.05) is 12.5 Å². The zero-order valence-corrected chi connectivity index (χ0v) is 11.8. The van der Waals surface area contributed by atoms with E-state index < -0.39 is 0 Å². The monoisotopic (exact) mass is 265 g/mol. The lowest BCUT2D eigenvalue weighted by molar-refractivity contribution is -0.147. The highest BCUT2D eigenvalue weighted by Gasteiger charge is 2.26. The number of hydrogen-bond donors (Lipinski definition) is 0. The molecule has 0 radical (unpaired) electrons. The maximum Gasteiger partial charge on any atom is 0.309 e. The van der Waals surface area contributed by atoms with E-state index in [-0.39, 0.29) is 11.9 Å². The van der Waals surface area contributed by atoms with Crippen LogP contribution >= 0.6 is 0 Å². The number of imidazole rings is 1. The van der Waals surface area contributed by atoms with Gasteiger partial charge in [-0.05, 0) is 25.8 Å². The second kappa shape index (κ2) is 6.70. The van der Waals surface area contributed by atoms with Crippen LogP contribution in [0.15, 0.2) is 12.5 Å². The van der Waals surface area contributed by atoms with Gasteiger partial charge in [-0.3, -0.25) is 9.69 Å². The molecular formula is C14H23N3O2. The van der Waals surface area contributed by atoms with Gasteiger partial charge >= 0.3 is 5.97 Å². The maximum atomic E-state index is 11.6. The summed E-state index contributed by atoms with van der Waals surface area (Å²) >= 11 is 0.